The van der Waals surface area contributed by atoms with Crippen LogP contribution in [-0.4, -0.2) is 23.9 Å². The first kappa shape index (κ1) is 17.8. The van der Waals surface area contributed by atoms with Crippen molar-refractivity contribution in [3.05, 3.63) is 28.5 Å². The van der Waals surface area contributed by atoms with Gasteiger partial charge in [-0.05, 0) is 18.9 Å². The minimum absolute atomic E-state index is 0.0518. The van der Waals surface area contributed by atoms with Crippen molar-refractivity contribution >= 4 is 17.6 Å². The van der Waals surface area contributed by atoms with Crippen LogP contribution < -0.4 is 4.74 Å². The van der Waals surface area contributed by atoms with Crippen LogP contribution in [0.5, 0.6) is 5.75 Å². The number of aromatic carboxylic acids is 1. The predicted molar refractivity (Wildman–Crippen MR) is 75.4 cm³/mol. The topological polar surface area (TPSA) is 46.5 Å². The fourth-order valence-corrected chi connectivity index (χ4v) is 2.98. The van der Waals surface area contributed by atoms with Crippen molar-refractivity contribution in [2.75, 3.05) is 6.61 Å². The second kappa shape index (κ2) is 6.55. The predicted octanol–water partition coefficient (Wildman–Crippen LogP) is 5.07. The van der Waals surface area contributed by atoms with Crippen molar-refractivity contribution in [2.24, 2.45) is 5.41 Å². The lowest BCUT2D eigenvalue weighted by molar-refractivity contribution is -0.243. The molecule has 1 fully saturated rings. The summed E-state index contributed by atoms with van der Waals surface area (Å²) in [6.07, 6.45) is -2.90. The summed E-state index contributed by atoms with van der Waals surface area (Å²) in [6.45, 7) is -0.665. The van der Waals surface area contributed by atoms with E-state index in [2.05, 4.69) is 0 Å². The quantitative estimate of drug-likeness (QED) is 0.768. The molecule has 128 valence electrons. The summed E-state index contributed by atoms with van der Waals surface area (Å²) >= 11 is 5.79. The SMILES string of the molecule is O=C(O)c1cc(Cl)c(OCC2(C(F)(F)F)CCCCC2)cc1F. The summed E-state index contributed by atoms with van der Waals surface area (Å²) in [6, 6.07) is 1.54. The van der Waals surface area contributed by atoms with Gasteiger partial charge in [-0.1, -0.05) is 30.9 Å². The Hall–Kier alpha value is -1.50. The molecule has 8 heteroatoms. The molecule has 0 atom stereocenters. The molecule has 3 nitrogen and oxygen atoms in total. The van der Waals surface area contributed by atoms with Gasteiger partial charge >= 0.3 is 12.1 Å². The Morgan fingerprint density at radius 3 is 2.39 bits per heavy atom. The molecule has 0 unspecified atom stereocenters. The Balaban J connectivity index is 2.22. The van der Waals surface area contributed by atoms with Gasteiger partial charge < -0.3 is 9.84 Å². The highest BCUT2D eigenvalue weighted by Gasteiger charge is 2.55. The standard InChI is InChI=1S/C15H15ClF4O3/c16-10-6-9(13(21)22)11(17)7-12(10)23-8-14(15(18,19)20)4-2-1-3-5-14/h6-7H,1-5,8H2,(H,21,22). The minimum atomic E-state index is -4.43. The van der Waals surface area contributed by atoms with Gasteiger partial charge in [0, 0.05) is 6.07 Å². The monoisotopic (exact) mass is 354 g/mol. The van der Waals surface area contributed by atoms with Crippen molar-refractivity contribution in [3.63, 3.8) is 0 Å². The molecular formula is C15H15ClF4O3. The molecular weight excluding hydrogens is 340 g/mol. The molecule has 0 aromatic heterocycles. The number of benzene rings is 1. The van der Waals surface area contributed by atoms with Crippen LogP contribution in [0.15, 0.2) is 12.1 Å². The summed E-state index contributed by atoms with van der Waals surface area (Å²) in [4.78, 5) is 10.8. The lowest BCUT2D eigenvalue weighted by atomic mass is 9.74. The van der Waals surface area contributed by atoms with Crippen LogP contribution in [0, 0.1) is 11.2 Å². The van der Waals surface area contributed by atoms with Gasteiger partial charge in [-0.25, -0.2) is 9.18 Å². The Kier molecular flexibility index (Phi) is 5.08. The first-order chi connectivity index (χ1) is 10.7. The number of ether oxygens (including phenoxy) is 1. The Morgan fingerprint density at radius 2 is 1.87 bits per heavy atom. The molecule has 0 heterocycles. The number of carboxylic acids is 1. The molecule has 23 heavy (non-hydrogen) atoms. The van der Waals surface area contributed by atoms with E-state index in [-0.39, 0.29) is 23.6 Å². The maximum Gasteiger partial charge on any atom is 0.397 e. The highest BCUT2D eigenvalue weighted by Crippen LogP contribution is 2.49. The van der Waals surface area contributed by atoms with Gasteiger partial charge in [0.25, 0.3) is 0 Å². The van der Waals surface area contributed by atoms with Gasteiger partial charge in [-0.3, -0.25) is 0 Å². The van der Waals surface area contributed by atoms with Crippen molar-refractivity contribution in [3.8, 4) is 5.75 Å². The first-order valence-corrected chi connectivity index (χ1v) is 7.46. The van der Waals surface area contributed by atoms with Crippen molar-refractivity contribution in [1.82, 2.24) is 0 Å². The fraction of sp³-hybridized carbons (Fsp3) is 0.533. The average molecular weight is 355 g/mol. The second-order valence-electron chi connectivity index (χ2n) is 5.70. The number of carboxylic acid groups (broad SMARTS) is 1. The van der Waals surface area contributed by atoms with E-state index < -0.39 is 35.5 Å². The third kappa shape index (κ3) is 3.71. The van der Waals surface area contributed by atoms with E-state index in [1.165, 1.54) is 0 Å². The Bertz CT molecular complexity index is 595. The van der Waals surface area contributed by atoms with Crippen LogP contribution in [0.3, 0.4) is 0 Å². The molecule has 1 saturated carbocycles. The number of alkyl halides is 3. The van der Waals surface area contributed by atoms with Crippen molar-refractivity contribution in [2.45, 2.75) is 38.3 Å². The molecule has 2 rings (SSSR count). The van der Waals surface area contributed by atoms with Crippen molar-refractivity contribution < 1.29 is 32.2 Å². The average Bonchev–Trinajstić information content (AvgIpc) is 2.47. The minimum Gasteiger partial charge on any atom is -0.491 e. The third-order valence-electron chi connectivity index (χ3n) is 4.17. The van der Waals surface area contributed by atoms with Gasteiger partial charge in [-0.15, -0.1) is 0 Å². The third-order valence-corrected chi connectivity index (χ3v) is 4.46. The lowest BCUT2D eigenvalue weighted by Crippen LogP contribution is -2.44. The zero-order valence-corrected chi connectivity index (χ0v) is 12.8. The van der Waals surface area contributed by atoms with E-state index in [1.54, 1.807) is 0 Å². The number of carbonyl (C=O) groups is 1. The normalized spacial score (nSPS) is 17.8. The molecule has 0 amide bonds. The van der Waals surface area contributed by atoms with Crippen LogP contribution in [-0.2, 0) is 0 Å². The summed E-state index contributed by atoms with van der Waals surface area (Å²) in [7, 11) is 0. The number of hydrogen-bond acceptors (Lipinski definition) is 2. The molecule has 0 saturated heterocycles. The molecule has 1 aromatic carbocycles. The Morgan fingerprint density at radius 1 is 1.26 bits per heavy atom. The maximum absolute atomic E-state index is 13.6. The van der Waals surface area contributed by atoms with E-state index in [4.69, 9.17) is 21.4 Å². The van der Waals surface area contributed by atoms with Gasteiger partial charge in [0.1, 0.15) is 18.2 Å². The summed E-state index contributed by atoms with van der Waals surface area (Å²) in [5, 5.41) is 8.54. The molecule has 0 aliphatic heterocycles. The van der Waals surface area contributed by atoms with E-state index in [9.17, 15) is 22.4 Å². The maximum atomic E-state index is 13.6. The summed E-state index contributed by atoms with van der Waals surface area (Å²) in [5.41, 5.74) is -2.64. The fourth-order valence-electron chi connectivity index (χ4n) is 2.76. The number of halogens is 5. The highest BCUT2D eigenvalue weighted by molar-refractivity contribution is 6.32. The largest absolute Gasteiger partial charge is 0.491 e. The van der Waals surface area contributed by atoms with Crippen LogP contribution >= 0.6 is 11.6 Å². The van der Waals surface area contributed by atoms with Crippen molar-refractivity contribution in [1.29, 1.82) is 0 Å². The molecule has 0 radical (unpaired) electrons. The van der Waals surface area contributed by atoms with E-state index in [1.807, 2.05) is 0 Å². The lowest BCUT2D eigenvalue weighted by Gasteiger charge is -2.38. The van der Waals surface area contributed by atoms with Gasteiger partial charge in [0.15, 0.2) is 0 Å². The Labute approximate surface area is 135 Å². The molecule has 1 aliphatic carbocycles. The molecule has 1 aromatic rings. The second-order valence-corrected chi connectivity index (χ2v) is 6.10. The van der Waals surface area contributed by atoms with E-state index >= 15 is 0 Å². The van der Waals surface area contributed by atoms with Crippen LogP contribution in [0.2, 0.25) is 5.02 Å². The first-order valence-electron chi connectivity index (χ1n) is 7.08. The van der Waals surface area contributed by atoms with E-state index in [0.717, 1.165) is 12.5 Å². The summed E-state index contributed by atoms with van der Waals surface area (Å²) < 4.78 is 58.9. The molecule has 0 spiro atoms. The van der Waals surface area contributed by atoms with Gasteiger partial charge in [0.2, 0.25) is 0 Å². The number of rotatable bonds is 4. The van der Waals surface area contributed by atoms with Gasteiger partial charge in [0.05, 0.1) is 16.0 Å². The van der Waals surface area contributed by atoms with Crippen LogP contribution in [0.4, 0.5) is 17.6 Å². The number of hydrogen-bond donors (Lipinski definition) is 1. The molecule has 1 aliphatic rings. The van der Waals surface area contributed by atoms with E-state index in [0.29, 0.717) is 18.9 Å². The van der Waals surface area contributed by atoms with Gasteiger partial charge in [-0.2, -0.15) is 13.2 Å². The highest BCUT2D eigenvalue weighted by atomic mass is 35.5. The zero-order chi connectivity index (χ0) is 17.3. The smallest absolute Gasteiger partial charge is 0.397 e. The molecule has 1 N–H and O–H groups in total. The molecule has 0 bridgehead atoms. The van der Waals surface area contributed by atoms with Crippen LogP contribution in [0.1, 0.15) is 42.5 Å². The zero-order valence-electron chi connectivity index (χ0n) is 12.1. The summed E-state index contributed by atoms with van der Waals surface area (Å²) in [5.74, 6) is -2.92. The van der Waals surface area contributed by atoms with Crippen LogP contribution in [0.25, 0.3) is 0 Å².